The summed E-state index contributed by atoms with van der Waals surface area (Å²) >= 11 is 24.3. The van der Waals surface area contributed by atoms with E-state index in [1.54, 1.807) is 24.3 Å². The Kier molecular flexibility index (Phi) is 10.2. The first-order valence-electron chi connectivity index (χ1n) is 6.61. The standard InChI is InChI=1S/C12H15Cl4N2O5PS2/c1-18(11(19)17-9-6-4-5-8(13)7-9)10(12(14,15)16)25-26-23-24(20,21-2)22-3/h4-7,10H,1-3H3,(H,17,19). The van der Waals surface area contributed by atoms with Gasteiger partial charge in [0.25, 0.3) is 0 Å². The average molecular weight is 504 g/mol. The van der Waals surface area contributed by atoms with Crippen LogP contribution in [-0.4, -0.2) is 41.4 Å². The van der Waals surface area contributed by atoms with Crippen LogP contribution in [0.1, 0.15) is 0 Å². The van der Waals surface area contributed by atoms with E-state index in [9.17, 15) is 9.36 Å². The third-order valence-electron chi connectivity index (χ3n) is 2.73. The minimum Gasteiger partial charge on any atom is -0.310 e. The molecule has 0 aliphatic rings. The van der Waals surface area contributed by atoms with E-state index in [4.69, 9.17) is 50.4 Å². The monoisotopic (exact) mass is 502 g/mol. The minimum absolute atomic E-state index is 0.455. The molecule has 0 bridgehead atoms. The first kappa shape index (κ1) is 24.5. The van der Waals surface area contributed by atoms with Crippen molar-refractivity contribution in [1.29, 1.82) is 0 Å². The fourth-order valence-corrected chi connectivity index (χ4v) is 6.47. The molecule has 1 atom stereocenters. The SMILES string of the molecule is COP(=O)(OC)OSSC(N(C)C(=O)Nc1cccc(Cl)c1)C(Cl)(Cl)Cl. The van der Waals surface area contributed by atoms with Crippen molar-refractivity contribution >= 4 is 87.8 Å². The van der Waals surface area contributed by atoms with Gasteiger partial charge in [0.05, 0.1) is 11.1 Å². The molecule has 1 N–H and O–H groups in total. The number of urea groups is 1. The number of carbonyl (C=O) groups is 1. The van der Waals surface area contributed by atoms with E-state index in [0.717, 1.165) is 29.9 Å². The molecule has 2 amide bonds. The number of benzene rings is 1. The number of nitrogens with zero attached hydrogens (tertiary/aromatic N) is 1. The van der Waals surface area contributed by atoms with Crippen molar-refractivity contribution in [3.63, 3.8) is 0 Å². The minimum atomic E-state index is -3.72. The molecular weight excluding hydrogens is 489 g/mol. The molecule has 0 aromatic heterocycles. The van der Waals surface area contributed by atoms with Crippen LogP contribution in [0.2, 0.25) is 5.02 Å². The van der Waals surface area contributed by atoms with Crippen molar-refractivity contribution in [3.05, 3.63) is 29.3 Å². The molecule has 0 heterocycles. The number of amides is 2. The molecule has 1 aromatic carbocycles. The number of phosphoric ester groups is 1. The van der Waals surface area contributed by atoms with Gasteiger partial charge >= 0.3 is 13.9 Å². The average Bonchev–Trinajstić information content (AvgIpc) is 2.56. The van der Waals surface area contributed by atoms with Crippen LogP contribution in [0.15, 0.2) is 24.3 Å². The Balaban J connectivity index is 2.78. The second-order valence-corrected chi connectivity index (χ2v) is 11.3. The summed E-state index contributed by atoms with van der Waals surface area (Å²) in [5, 5.41) is 2.08. The van der Waals surface area contributed by atoms with Gasteiger partial charge in [-0.15, -0.1) is 0 Å². The molecule has 0 radical (unpaired) electrons. The molecule has 0 spiro atoms. The van der Waals surface area contributed by atoms with Crippen LogP contribution in [0.4, 0.5) is 10.5 Å². The normalized spacial score (nSPS) is 13.3. The molecule has 0 saturated heterocycles. The Labute approximate surface area is 179 Å². The van der Waals surface area contributed by atoms with E-state index >= 15 is 0 Å². The van der Waals surface area contributed by atoms with Gasteiger partial charge in [0.15, 0.2) is 0 Å². The summed E-state index contributed by atoms with van der Waals surface area (Å²) in [6, 6.07) is 6.00. The van der Waals surface area contributed by atoms with Crippen molar-refractivity contribution in [3.8, 4) is 0 Å². The Morgan fingerprint density at radius 1 is 1.31 bits per heavy atom. The van der Waals surface area contributed by atoms with E-state index < -0.39 is 23.0 Å². The number of hydrogen-bond acceptors (Lipinski definition) is 7. The molecule has 148 valence electrons. The van der Waals surface area contributed by atoms with Crippen LogP contribution >= 0.6 is 76.1 Å². The maximum absolute atomic E-state index is 12.4. The van der Waals surface area contributed by atoms with E-state index in [2.05, 4.69) is 14.4 Å². The van der Waals surface area contributed by atoms with Gasteiger partial charge < -0.3 is 10.2 Å². The number of hydrogen-bond donors (Lipinski definition) is 1. The zero-order valence-electron chi connectivity index (χ0n) is 13.7. The van der Waals surface area contributed by atoms with E-state index in [1.165, 1.54) is 7.05 Å². The third-order valence-corrected chi connectivity index (χ3v) is 8.10. The van der Waals surface area contributed by atoms with E-state index in [0.29, 0.717) is 21.8 Å². The number of carbonyl (C=O) groups excluding carboxylic acids is 1. The Morgan fingerprint density at radius 2 is 1.92 bits per heavy atom. The predicted molar refractivity (Wildman–Crippen MR) is 110 cm³/mol. The van der Waals surface area contributed by atoms with Crippen molar-refractivity contribution in [2.45, 2.75) is 9.17 Å². The number of anilines is 1. The summed E-state index contributed by atoms with van der Waals surface area (Å²) in [4.78, 5) is 13.6. The second kappa shape index (κ2) is 10.9. The zero-order valence-corrected chi connectivity index (χ0v) is 19.2. The number of alkyl halides is 3. The maximum Gasteiger partial charge on any atom is 0.486 e. The number of rotatable bonds is 8. The first-order chi connectivity index (χ1) is 12.0. The number of halogens is 4. The molecule has 0 fully saturated rings. The van der Waals surface area contributed by atoms with Gasteiger partial charge in [-0.25, -0.2) is 13.3 Å². The molecule has 1 unspecified atom stereocenters. The Morgan fingerprint density at radius 3 is 2.42 bits per heavy atom. The fourth-order valence-electron chi connectivity index (χ4n) is 1.45. The molecular formula is C12H15Cl4N2O5PS2. The molecule has 7 nitrogen and oxygen atoms in total. The van der Waals surface area contributed by atoms with Crippen molar-refractivity contribution in [2.24, 2.45) is 0 Å². The van der Waals surface area contributed by atoms with Crippen molar-refractivity contribution < 1.29 is 22.4 Å². The lowest BCUT2D eigenvalue weighted by molar-refractivity contribution is 0.219. The van der Waals surface area contributed by atoms with Crippen LogP contribution in [0.3, 0.4) is 0 Å². The lowest BCUT2D eigenvalue weighted by Crippen LogP contribution is -2.44. The van der Waals surface area contributed by atoms with Crippen LogP contribution in [-0.2, 0) is 17.6 Å². The van der Waals surface area contributed by atoms with Crippen LogP contribution in [0.25, 0.3) is 0 Å². The molecule has 0 aliphatic carbocycles. The summed E-state index contributed by atoms with van der Waals surface area (Å²) in [6.45, 7) is 0. The summed E-state index contributed by atoms with van der Waals surface area (Å²) in [5.41, 5.74) is 0.467. The highest BCUT2D eigenvalue weighted by atomic mass is 35.6. The van der Waals surface area contributed by atoms with Gasteiger partial charge in [-0.1, -0.05) is 52.5 Å². The zero-order chi connectivity index (χ0) is 20.0. The van der Waals surface area contributed by atoms with Gasteiger partial charge in [-0.05, 0) is 29.0 Å². The molecule has 0 aliphatic heterocycles. The predicted octanol–water partition coefficient (Wildman–Crippen LogP) is 6.21. The van der Waals surface area contributed by atoms with Crippen LogP contribution in [0.5, 0.6) is 0 Å². The molecule has 0 saturated carbocycles. The quantitative estimate of drug-likeness (QED) is 0.148. The summed E-state index contributed by atoms with van der Waals surface area (Å²) < 4.78 is 24.2. The summed E-state index contributed by atoms with van der Waals surface area (Å²) in [5.74, 6) is 0. The highest BCUT2D eigenvalue weighted by Gasteiger charge is 2.40. The molecule has 1 aromatic rings. The third kappa shape index (κ3) is 7.83. The molecule has 26 heavy (non-hydrogen) atoms. The number of phosphoric acid groups is 1. The van der Waals surface area contributed by atoms with Crippen molar-refractivity contribution in [1.82, 2.24) is 4.90 Å². The number of nitrogens with one attached hydrogen (secondary N) is 1. The maximum atomic E-state index is 12.4. The van der Waals surface area contributed by atoms with Gasteiger partial charge in [-0.3, -0.25) is 9.05 Å². The summed E-state index contributed by atoms with van der Waals surface area (Å²) in [6.07, 6.45) is 0. The highest BCUT2D eigenvalue weighted by Crippen LogP contribution is 2.55. The fraction of sp³-hybridized carbons (Fsp3) is 0.417. The van der Waals surface area contributed by atoms with Gasteiger partial charge in [0, 0.05) is 32.0 Å². The largest absolute Gasteiger partial charge is 0.486 e. The van der Waals surface area contributed by atoms with Gasteiger partial charge in [0.2, 0.25) is 3.79 Å². The Hall–Kier alpha value is 0.460. The molecule has 1 rings (SSSR count). The highest BCUT2D eigenvalue weighted by molar-refractivity contribution is 8.75. The smallest absolute Gasteiger partial charge is 0.310 e. The Bertz CT molecular complexity index is 659. The molecule has 14 heteroatoms. The van der Waals surface area contributed by atoms with Crippen molar-refractivity contribution in [2.75, 3.05) is 26.6 Å². The summed E-state index contributed by atoms with van der Waals surface area (Å²) in [7, 11) is 0.858. The van der Waals surface area contributed by atoms with Gasteiger partial charge in [-0.2, -0.15) is 0 Å². The topological polar surface area (TPSA) is 77.1 Å². The van der Waals surface area contributed by atoms with E-state index in [1.807, 2.05) is 0 Å². The van der Waals surface area contributed by atoms with Crippen LogP contribution < -0.4 is 5.32 Å². The second-order valence-electron chi connectivity index (χ2n) is 4.50. The lowest BCUT2D eigenvalue weighted by atomic mass is 10.3. The lowest BCUT2D eigenvalue weighted by Gasteiger charge is -2.31. The first-order valence-corrected chi connectivity index (χ1v) is 11.7. The van der Waals surface area contributed by atoms with Gasteiger partial charge in [0.1, 0.15) is 5.37 Å². The van der Waals surface area contributed by atoms with Crippen LogP contribution in [0, 0.1) is 0 Å². The van der Waals surface area contributed by atoms with E-state index in [-0.39, 0.29) is 0 Å².